The van der Waals surface area contributed by atoms with Crippen molar-refractivity contribution >= 4 is 17.5 Å². The largest absolute Gasteiger partial charge is 0.349 e. The maximum Gasteiger partial charge on any atom is 0.258 e. The van der Waals surface area contributed by atoms with Crippen LogP contribution < -0.4 is 10.6 Å². The van der Waals surface area contributed by atoms with E-state index in [0.717, 1.165) is 12.8 Å². The van der Waals surface area contributed by atoms with Gasteiger partial charge >= 0.3 is 0 Å². The van der Waals surface area contributed by atoms with Gasteiger partial charge in [-0.2, -0.15) is 5.10 Å². The van der Waals surface area contributed by atoms with Crippen molar-refractivity contribution in [2.24, 2.45) is 7.05 Å². The second-order valence-electron chi connectivity index (χ2n) is 5.15. The van der Waals surface area contributed by atoms with Crippen LogP contribution in [0.4, 0.5) is 5.69 Å². The number of para-hydroxylation sites is 1. The number of carbonyl (C=O) groups is 2. The molecule has 0 saturated heterocycles. The third kappa shape index (κ3) is 3.10. The van der Waals surface area contributed by atoms with E-state index in [0.29, 0.717) is 16.8 Å². The lowest BCUT2D eigenvalue weighted by Crippen LogP contribution is -2.26. The Morgan fingerprint density at radius 1 is 1.24 bits per heavy atom. The normalized spacial score (nSPS) is 13.8. The van der Waals surface area contributed by atoms with Gasteiger partial charge in [0.05, 0.1) is 23.0 Å². The average Bonchev–Trinajstić information content (AvgIpc) is 3.17. The van der Waals surface area contributed by atoms with Crippen LogP contribution >= 0.6 is 0 Å². The van der Waals surface area contributed by atoms with Crippen LogP contribution in [0.3, 0.4) is 0 Å². The number of benzene rings is 1. The monoisotopic (exact) mass is 284 g/mol. The number of nitrogens with one attached hydrogen (secondary N) is 2. The van der Waals surface area contributed by atoms with E-state index >= 15 is 0 Å². The van der Waals surface area contributed by atoms with Gasteiger partial charge in [-0.1, -0.05) is 12.1 Å². The summed E-state index contributed by atoms with van der Waals surface area (Å²) in [6, 6.07) is 7.26. The number of rotatable bonds is 4. The molecular formula is C15H16N4O2. The van der Waals surface area contributed by atoms with Crippen molar-refractivity contribution in [3.63, 3.8) is 0 Å². The predicted octanol–water partition coefficient (Wildman–Crippen LogP) is 1.56. The van der Waals surface area contributed by atoms with Crippen LogP contribution in [0.5, 0.6) is 0 Å². The molecule has 3 rings (SSSR count). The van der Waals surface area contributed by atoms with Gasteiger partial charge in [0.2, 0.25) is 0 Å². The number of hydrogen-bond donors (Lipinski definition) is 2. The van der Waals surface area contributed by atoms with Crippen LogP contribution in [0.25, 0.3) is 0 Å². The molecule has 2 amide bonds. The van der Waals surface area contributed by atoms with Crippen molar-refractivity contribution < 1.29 is 9.59 Å². The van der Waals surface area contributed by atoms with Crippen molar-refractivity contribution in [3.05, 3.63) is 47.8 Å². The van der Waals surface area contributed by atoms with Gasteiger partial charge in [-0.15, -0.1) is 0 Å². The lowest BCUT2D eigenvalue weighted by atomic mass is 10.1. The van der Waals surface area contributed by atoms with Crippen LogP contribution in [0.1, 0.15) is 33.6 Å². The highest BCUT2D eigenvalue weighted by Gasteiger charge is 2.25. The molecule has 1 aliphatic rings. The molecule has 1 aromatic heterocycles. The molecule has 0 bridgehead atoms. The Morgan fingerprint density at radius 3 is 2.67 bits per heavy atom. The van der Waals surface area contributed by atoms with Gasteiger partial charge in [-0.25, -0.2) is 0 Å². The van der Waals surface area contributed by atoms with Crippen molar-refractivity contribution in [1.82, 2.24) is 15.1 Å². The average molecular weight is 284 g/mol. The van der Waals surface area contributed by atoms with Crippen LogP contribution in [-0.4, -0.2) is 27.6 Å². The van der Waals surface area contributed by atoms with E-state index in [1.807, 2.05) is 0 Å². The third-order valence-electron chi connectivity index (χ3n) is 3.30. The molecule has 0 aliphatic heterocycles. The Hall–Kier alpha value is -2.63. The first kappa shape index (κ1) is 13.4. The van der Waals surface area contributed by atoms with Crippen molar-refractivity contribution in [1.29, 1.82) is 0 Å². The number of nitrogens with zero attached hydrogens (tertiary/aromatic N) is 2. The van der Waals surface area contributed by atoms with Crippen molar-refractivity contribution in [2.45, 2.75) is 18.9 Å². The van der Waals surface area contributed by atoms with Crippen molar-refractivity contribution in [3.8, 4) is 0 Å². The molecular weight excluding hydrogens is 268 g/mol. The molecule has 0 atom stereocenters. The van der Waals surface area contributed by atoms with Crippen LogP contribution in [0.15, 0.2) is 36.7 Å². The summed E-state index contributed by atoms with van der Waals surface area (Å²) in [5, 5.41) is 9.64. The highest BCUT2D eigenvalue weighted by atomic mass is 16.2. The zero-order valence-electron chi connectivity index (χ0n) is 11.7. The fraction of sp³-hybridized carbons (Fsp3) is 0.267. The van der Waals surface area contributed by atoms with E-state index in [2.05, 4.69) is 15.7 Å². The Kier molecular flexibility index (Phi) is 3.43. The van der Waals surface area contributed by atoms with E-state index in [-0.39, 0.29) is 17.9 Å². The number of anilines is 1. The maximum atomic E-state index is 12.2. The number of aryl methyl sites for hydroxylation is 1. The van der Waals surface area contributed by atoms with Gasteiger partial charge in [-0.3, -0.25) is 14.3 Å². The minimum absolute atomic E-state index is 0.153. The molecule has 1 heterocycles. The second kappa shape index (κ2) is 5.40. The summed E-state index contributed by atoms with van der Waals surface area (Å²) in [4.78, 5) is 24.3. The smallest absolute Gasteiger partial charge is 0.258 e. The fourth-order valence-electron chi connectivity index (χ4n) is 2.01. The second-order valence-corrected chi connectivity index (χ2v) is 5.15. The highest BCUT2D eigenvalue weighted by Crippen LogP contribution is 2.21. The molecule has 0 radical (unpaired) electrons. The Morgan fingerprint density at radius 2 is 2.00 bits per heavy atom. The van der Waals surface area contributed by atoms with Gasteiger partial charge in [-0.05, 0) is 25.0 Å². The lowest BCUT2D eigenvalue weighted by Gasteiger charge is -2.10. The number of amides is 2. The molecule has 6 nitrogen and oxygen atoms in total. The summed E-state index contributed by atoms with van der Waals surface area (Å²) >= 11 is 0. The molecule has 1 fully saturated rings. The molecule has 108 valence electrons. The molecule has 21 heavy (non-hydrogen) atoms. The predicted molar refractivity (Wildman–Crippen MR) is 78.1 cm³/mol. The molecule has 2 aromatic rings. The SMILES string of the molecule is Cn1cc(C(=O)Nc2ccccc2C(=O)NC2CC2)cn1. The Bertz CT molecular complexity index is 688. The van der Waals surface area contributed by atoms with Gasteiger partial charge in [0.25, 0.3) is 11.8 Å². The summed E-state index contributed by atoms with van der Waals surface area (Å²) in [5.74, 6) is -0.436. The summed E-state index contributed by atoms with van der Waals surface area (Å²) in [6.07, 6.45) is 5.16. The highest BCUT2D eigenvalue weighted by molar-refractivity contribution is 6.08. The first-order valence-electron chi connectivity index (χ1n) is 6.83. The van der Waals surface area contributed by atoms with E-state index in [9.17, 15) is 9.59 Å². The Labute approximate surface area is 122 Å². The summed E-state index contributed by atoms with van der Waals surface area (Å²) in [5.41, 5.74) is 1.43. The zero-order chi connectivity index (χ0) is 14.8. The summed E-state index contributed by atoms with van der Waals surface area (Å²) < 4.78 is 1.56. The van der Waals surface area contributed by atoms with E-state index in [1.165, 1.54) is 6.20 Å². The fourth-order valence-corrected chi connectivity index (χ4v) is 2.01. The minimum Gasteiger partial charge on any atom is -0.349 e. The van der Waals surface area contributed by atoms with Gasteiger partial charge < -0.3 is 10.6 Å². The lowest BCUT2D eigenvalue weighted by molar-refractivity contribution is 0.0952. The molecule has 1 aliphatic carbocycles. The molecule has 6 heteroatoms. The van der Waals surface area contributed by atoms with E-state index in [4.69, 9.17) is 0 Å². The number of aromatic nitrogens is 2. The zero-order valence-corrected chi connectivity index (χ0v) is 11.7. The van der Waals surface area contributed by atoms with Crippen LogP contribution in [-0.2, 0) is 7.05 Å². The molecule has 2 N–H and O–H groups in total. The van der Waals surface area contributed by atoms with Crippen LogP contribution in [0.2, 0.25) is 0 Å². The maximum absolute atomic E-state index is 12.2. The molecule has 1 saturated carbocycles. The summed E-state index contributed by atoms with van der Waals surface area (Å²) in [6.45, 7) is 0. The van der Waals surface area contributed by atoms with Crippen LogP contribution in [0, 0.1) is 0 Å². The first-order valence-corrected chi connectivity index (χ1v) is 6.83. The van der Waals surface area contributed by atoms with Gasteiger partial charge in [0.15, 0.2) is 0 Å². The number of carbonyl (C=O) groups excluding carboxylic acids is 2. The topological polar surface area (TPSA) is 76.0 Å². The van der Waals surface area contributed by atoms with E-state index < -0.39 is 0 Å². The molecule has 0 spiro atoms. The minimum atomic E-state index is -0.283. The first-order chi connectivity index (χ1) is 10.1. The summed E-state index contributed by atoms with van der Waals surface area (Å²) in [7, 11) is 1.74. The van der Waals surface area contributed by atoms with Gasteiger partial charge in [0.1, 0.15) is 0 Å². The standard InChI is InChI=1S/C15H16N4O2/c1-19-9-10(8-16-19)14(20)18-13-5-3-2-4-12(13)15(21)17-11-6-7-11/h2-5,8-9,11H,6-7H2,1H3,(H,17,21)(H,18,20). The molecule has 0 unspecified atom stereocenters. The molecule has 1 aromatic carbocycles. The van der Waals surface area contributed by atoms with Gasteiger partial charge in [0, 0.05) is 19.3 Å². The quantitative estimate of drug-likeness (QED) is 0.894. The van der Waals surface area contributed by atoms with Crippen molar-refractivity contribution in [2.75, 3.05) is 5.32 Å². The Balaban J connectivity index is 1.78. The third-order valence-corrected chi connectivity index (χ3v) is 3.30. The number of hydrogen-bond acceptors (Lipinski definition) is 3. The van der Waals surface area contributed by atoms with E-state index in [1.54, 1.807) is 42.2 Å².